The van der Waals surface area contributed by atoms with E-state index in [1.165, 1.54) is 0 Å². The number of nitrogen functional groups attached to an aromatic ring is 1. The quantitative estimate of drug-likeness (QED) is 0.782. The van der Waals surface area contributed by atoms with Crippen LogP contribution in [0.1, 0.15) is 0 Å². The van der Waals surface area contributed by atoms with Crippen LogP contribution in [-0.4, -0.2) is 10.1 Å². The van der Waals surface area contributed by atoms with E-state index in [4.69, 9.17) is 10.3 Å². The Morgan fingerprint density at radius 3 is 2.32 bits per heavy atom. The molecule has 0 saturated carbocycles. The van der Waals surface area contributed by atoms with E-state index < -0.39 is 0 Å². The molecule has 94 valence electrons. The van der Waals surface area contributed by atoms with E-state index in [-0.39, 0.29) is 0 Å². The van der Waals surface area contributed by atoms with Crippen LogP contribution < -0.4 is 5.73 Å². The molecule has 0 aliphatic heterocycles. The van der Waals surface area contributed by atoms with Gasteiger partial charge in [0.2, 0.25) is 5.88 Å². The maximum absolute atomic E-state index is 5.89. The first kappa shape index (κ1) is 11.9. The van der Waals surface area contributed by atoms with E-state index in [1.54, 1.807) is 12.4 Å². The van der Waals surface area contributed by atoms with Crippen LogP contribution in [-0.2, 0) is 0 Å². The molecule has 0 radical (unpaired) electrons. The van der Waals surface area contributed by atoms with Crippen molar-refractivity contribution in [3.8, 4) is 22.4 Å². The molecule has 1 aromatic carbocycles. The fourth-order valence-corrected chi connectivity index (χ4v) is 2.17. The molecule has 5 heteroatoms. The van der Waals surface area contributed by atoms with E-state index in [9.17, 15) is 0 Å². The van der Waals surface area contributed by atoms with Crippen molar-refractivity contribution >= 4 is 21.8 Å². The first-order chi connectivity index (χ1) is 9.25. The summed E-state index contributed by atoms with van der Waals surface area (Å²) in [6.45, 7) is 0. The number of rotatable bonds is 2. The van der Waals surface area contributed by atoms with Crippen molar-refractivity contribution in [1.29, 1.82) is 0 Å². The SMILES string of the molecule is Nc1onc(-c2ccncc2)c1-c1ccc(Br)cc1. The van der Waals surface area contributed by atoms with E-state index in [1.807, 2.05) is 36.4 Å². The van der Waals surface area contributed by atoms with Crippen LogP contribution in [0.5, 0.6) is 0 Å². The van der Waals surface area contributed by atoms with Crippen LogP contribution in [0.4, 0.5) is 5.88 Å². The highest BCUT2D eigenvalue weighted by atomic mass is 79.9. The van der Waals surface area contributed by atoms with Crippen LogP contribution in [0.15, 0.2) is 57.8 Å². The van der Waals surface area contributed by atoms with Gasteiger partial charge in [0.15, 0.2) is 0 Å². The minimum absolute atomic E-state index is 0.314. The van der Waals surface area contributed by atoms with Gasteiger partial charge < -0.3 is 10.3 Å². The van der Waals surface area contributed by atoms with Gasteiger partial charge in [-0.05, 0) is 29.8 Å². The van der Waals surface area contributed by atoms with Crippen LogP contribution in [0.25, 0.3) is 22.4 Å². The highest BCUT2D eigenvalue weighted by molar-refractivity contribution is 9.10. The van der Waals surface area contributed by atoms with Crippen LogP contribution in [0, 0.1) is 0 Å². The predicted molar refractivity (Wildman–Crippen MR) is 77.3 cm³/mol. The number of benzene rings is 1. The average Bonchev–Trinajstić information content (AvgIpc) is 2.83. The topological polar surface area (TPSA) is 64.9 Å². The van der Waals surface area contributed by atoms with E-state index >= 15 is 0 Å². The molecule has 0 amide bonds. The lowest BCUT2D eigenvalue weighted by Gasteiger charge is -2.02. The molecule has 3 aromatic rings. The first-order valence-electron chi connectivity index (χ1n) is 5.67. The number of nitrogens with zero attached hydrogens (tertiary/aromatic N) is 2. The van der Waals surface area contributed by atoms with Gasteiger partial charge in [0.25, 0.3) is 0 Å². The van der Waals surface area contributed by atoms with Gasteiger partial charge in [0.1, 0.15) is 5.69 Å². The third kappa shape index (κ3) is 2.24. The lowest BCUT2D eigenvalue weighted by atomic mass is 10.0. The molecule has 2 N–H and O–H groups in total. The number of hydrogen-bond donors (Lipinski definition) is 1. The molecule has 4 nitrogen and oxygen atoms in total. The van der Waals surface area contributed by atoms with Crippen LogP contribution in [0.2, 0.25) is 0 Å². The molecule has 0 unspecified atom stereocenters. The molecule has 3 rings (SSSR count). The summed E-state index contributed by atoms with van der Waals surface area (Å²) in [5, 5.41) is 4.05. The molecule has 0 atom stereocenters. The maximum atomic E-state index is 5.89. The van der Waals surface area contributed by atoms with Gasteiger partial charge in [-0.1, -0.05) is 33.2 Å². The van der Waals surface area contributed by atoms with Crippen molar-refractivity contribution in [2.75, 3.05) is 5.73 Å². The average molecular weight is 316 g/mol. The highest BCUT2D eigenvalue weighted by Crippen LogP contribution is 2.36. The van der Waals surface area contributed by atoms with Gasteiger partial charge in [0, 0.05) is 22.4 Å². The Kier molecular flexibility index (Phi) is 3.05. The molecule has 0 fully saturated rings. The standard InChI is InChI=1S/C14H10BrN3O/c15-11-3-1-9(2-4-11)12-13(18-19-14(12)16)10-5-7-17-8-6-10/h1-8H,16H2. The number of anilines is 1. The molecular formula is C14H10BrN3O. The Hall–Kier alpha value is -2.14. The predicted octanol–water partition coefficient (Wildman–Crippen LogP) is 3.75. The molecule has 2 heterocycles. The summed E-state index contributed by atoms with van der Waals surface area (Å²) >= 11 is 3.41. The van der Waals surface area contributed by atoms with E-state index in [0.717, 1.165) is 26.9 Å². The van der Waals surface area contributed by atoms with Gasteiger partial charge in [-0.25, -0.2) is 0 Å². The van der Waals surface area contributed by atoms with Gasteiger partial charge in [-0.15, -0.1) is 0 Å². The van der Waals surface area contributed by atoms with Crippen molar-refractivity contribution in [2.24, 2.45) is 0 Å². The summed E-state index contributed by atoms with van der Waals surface area (Å²) in [7, 11) is 0. The fourth-order valence-electron chi connectivity index (χ4n) is 1.91. The highest BCUT2D eigenvalue weighted by Gasteiger charge is 2.17. The zero-order valence-electron chi connectivity index (χ0n) is 9.88. The van der Waals surface area contributed by atoms with Crippen molar-refractivity contribution in [3.63, 3.8) is 0 Å². The minimum Gasteiger partial charge on any atom is -0.367 e. The number of nitrogens with two attached hydrogens (primary N) is 1. The summed E-state index contributed by atoms with van der Waals surface area (Å²) < 4.78 is 6.14. The smallest absolute Gasteiger partial charge is 0.230 e. The Bertz CT molecular complexity index is 692. The van der Waals surface area contributed by atoms with Crippen molar-refractivity contribution < 1.29 is 4.52 Å². The molecule has 19 heavy (non-hydrogen) atoms. The van der Waals surface area contributed by atoms with E-state index in [0.29, 0.717) is 5.88 Å². The third-order valence-electron chi connectivity index (χ3n) is 2.81. The zero-order valence-corrected chi connectivity index (χ0v) is 11.5. The molecule has 0 spiro atoms. The zero-order chi connectivity index (χ0) is 13.2. The summed E-state index contributed by atoms with van der Waals surface area (Å²) in [4.78, 5) is 4.00. The number of aromatic nitrogens is 2. The number of pyridine rings is 1. The van der Waals surface area contributed by atoms with Crippen molar-refractivity contribution in [2.45, 2.75) is 0 Å². The second-order valence-electron chi connectivity index (χ2n) is 4.01. The maximum Gasteiger partial charge on any atom is 0.230 e. The molecule has 2 aromatic heterocycles. The van der Waals surface area contributed by atoms with Crippen LogP contribution >= 0.6 is 15.9 Å². The second kappa shape index (κ2) is 4.85. The lowest BCUT2D eigenvalue weighted by Crippen LogP contribution is -1.87. The normalized spacial score (nSPS) is 10.6. The lowest BCUT2D eigenvalue weighted by molar-refractivity contribution is 0.439. The van der Waals surface area contributed by atoms with Gasteiger partial charge in [-0.3, -0.25) is 4.98 Å². The summed E-state index contributed by atoms with van der Waals surface area (Å²) in [5.74, 6) is 0.314. The number of halogens is 1. The summed E-state index contributed by atoms with van der Waals surface area (Å²) in [6.07, 6.45) is 3.43. The first-order valence-corrected chi connectivity index (χ1v) is 6.46. The summed E-state index contributed by atoms with van der Waals surface area (Å²) in [6, 6.07) is 11.6. The second-order valence-corrected chi connectivity index (χ2v) is 4.93. The molecule has 0 saturated heterocycles. The molecule has 0 aliphatic rings. The monoisotopic (exact) mass is 315 g/mol. The van der Waals surface area contributed by atoms with Crippen molar-refractivity contribution in [1.82, 2.24) is 10.1 Å². The number of hydrogen-bond acceptors (Lipinski definition) is 4. The van der Waals surface area contributed by atoms with Crippen LogP contribution in [0.3, 0.4) is 0 Å². The third-order valence-corrected chi connectivity index (χ3v) is 3.33. The van der Waals surface area contributed by atoms with Crippen molar-refractivity contribution in [3.05, 3.63) is 53.3 Å². The molecule has 0 aliphatic carbocycles. The van der Waals surface area contributed by atoms with E-state index in [2.05, 4.69) is 26.1 Å². The Morgan fingerprint density at radius 1 is 0.947 bits per heavy atom. The Morgan fingerprint density at radius 2 is 1.63 bits per heavy atom. The van der Waals surface area contributed by atoms with Gasteiger partial charge >= 0.3 is 0 Å². The molecule has 0 bridgehead atoms. The molecular weight excluding hydrogens is 306 g/mol. The fraction of sp³-hybridized carbons (Fsp3) is 0. The minimum atomic E-state index is 0.314. The Balaban J connectivity index is 2.17. The Labute approximate surface area is 118 Å². The summed E-state index contributed by atoms with van der Waals surface area (Å²) in [5.41, 5.74) is 9.31. The van der Waals surface area contributed by atoms with Gasteiger partial charge in [-0.2, -0.15) is 0 Å². The largest absolute Gasteiger partial charge is 0.367 e. The van der Waals surface area contributed by atoms with Gasteiger partial charge in [0.05, 0.1) is 5.56 Å².